The van der Waals surface area contributed by atoms with Gasteiger partial charge in [0.15, 0.2) is 0 Å². The molecule has 5 heteroatoms. The van der Waals surface area contributed by atoms with Crippen LogP contribution in [0.25, 0.3) is 0 Å². The summed E-state index contributed by atoms with van der Waals surface area (Å²) in [4.78, 5) is 0.853. The third kappa shape index (κ3) is 3.73. The van der Waals surface area contributed by atoms with E-state index in [2.05, 4.69) is 15.9 Å². The summed E-state index contributed by atoms with van der Waals surface area (Å²) in [5.74, 6) is -2.59. The maximum atomic E-state index is 13.2. The van der Waals surface area contributed by atoms with E-state index in [9.17, 15) is 13.9 Å². The summed E-state index contributed by atoms with van der Waals surface area (Å²) in [5.41, 5.74) is 0. The van der Waals surface area contributed by atoms with Gasteiger partial charge in [-0.15, -0.1) is 11.3 Å². The van der Waals surface area contributed by atoms with Crippen molar-refractivity contribution in [1.82, 2.24) is 0 Å². The molecule has 1 aromatic heterocycles. The van der Waals surface area contributed by atoms with Crippen LogP contribution in [0.3, 0.4) is 0 Å². The lowest BCUT2D eigenvalue weighted by molar-refractivity contribution is -0.0589. The van der Waals surface area contributed by atoms with Crippen molar-refractivity contribution >= 4 is 27.3 Å². The summed E-state index contributed by atoms with van der Waals surface area (Å²) in [5, 5.41) is 11.9. The van der Waals surface area contributed by atoms with Gasteiger partial charge in [0.25, 0.3) is 0 Å². The van der Waals surface area contributed by atoms with Crippen molar-refractivity contribution in [2.24, 2.45) is 5.92 Å². The zero-order valence-corrected chi connectivity index (χ0v) is 11.7. The van der Waals surface area contributed by atoms with Crippen molar-refractivity contribution in [3.05, 3.63) is 20.8 Å². The Labute approximate surface area is 112 Å². The predicted molar refractivity (Wildman–Crippen MR) is 68.5 cm³/mol. The molecule has 1 heterocycles. The molecule has 0 spiro atoms. The molecule has 1 aliphatic carbocycles. The van der Waals surface area contributed by atoms with Crippen LogP contribution in [0.1, 0.15) is 43.1 Å². The first-order valence-corrected chi connectivity index (χ1v) is 7.43. The minimum absolute atomic E-state index is 0.00411. The van der Waals surface area contributed by atoms with Gasteiger partial charge < -0.3 is 5.11 Å². The van der Waals surface area contributed by atoms with Crippen LogP contribution in [0, 0.1) is 5.92 Å². The Bertz CT molecular complexity index is 380. The fraction of sp³-hybridized carbons (Fsp3) is 0.667. The van der Waals surface area contributed by atoms with E-state index in [4.69, 9.17) is 0 Å². The Balaban J connectivity index is 1.92. The number of hydrogen-bond donors (Lipinski definition) is 1. The molecule has 2 rings (SSSR count). The molecule has 2 unspecified atom stereocenters. The van der Waals surface area contributed by atoms with Gasteiger partial charge in [0, 0.05) is 27.6 Å². The number of hydrogen-bond acceptors (Lipinski definition) is 2. The van der Waals surface area contributed by atoms with E-state index < -0.39 is 12.0 Å². The fourth-order valence-corrected chi connectivity index (χ4v) is 3.86. The highest BCUT2D eigenvalue weighted by atomic mass is 79.9. The van der Waals surface area contributed by atoms with E-state index in [0.717, 1.165) is 15.8 Å². The van der Waals surface area contributed by atoms with Gasteiger partial charge in [0.2, 0.25) is 5.92 Å². The molecule has 1 fully saturated rings. The Hall–Kier alpha value is -0.0000000000000000833. The summed E-state index contributed by atoms with van der Waals surface area (Å²) >= 11 is 4.78. The normalized spacial score (nSPS) is 25.8. The minimum atomic E-state index is -2.53. The predicted octanol–water partition coefficient (Wildman–Crippen LogP) is 4.76. The molecular formula is C12H15BrF2OS. The molecule has 0 radical (unpaired) electrons. The average Bonchev–Trinajstić information content (AvgIpc) is 2.63. The molecule has 0 aromatic carbocycles. The lowest BCUT2D eigenvalue weighted by atomic mass is 9.83. The van der Waals surface area contributed by atoms with E-state index >= 15 is 0 Å². The van der Waals surface area contributed by atoms with Gasteiger partial charge in [-0.1, -0.05) is 0 Å². The molecular weight excluding hydrogens is 310 g/mol. The van der Waals surface area contributed by atoms with Crippen LogP contribution in [0.15, 0.2) is 15.9 Å². The van der Waals surface area contributed by atoms with Gasteiger partial charge in [0.05, 0.1) is 6.10 Å². The van der Waals surface area contributed by atoms with Crippen LogP contribution < -0.4 is 0 Å². The number of alkyl halides is 2. The highest BCUT2D eigenvalue weighted by molar-refractivity contribution is 9.10. The summed E-state index contributed by atoms with van der Waals surface area (Å²) in [6, 6.07) is 1.86. The van der Waals surface area contributed by atoms with Crippen molar-refractivity contribution in [2.45, 2.75) is 44.1 Å². The first kappa shape index (κ1) is 13.4. The molecule has 2 atom stereocenters. The van der Waals surface area contributed by atoms with Gasteiger partial charge in [-0.2, -0.15) is 0 Å². The zero-order chi connectivity index (χ0) is 12.5. The maximum absolute atomic E-state index is 13.2. The summed E-state index contributed by atoms with van der Waals surface area (Å²) in [6.45, 7) is 0. The number of aliphatic hydroxyl groups is 1. The molecule has 1 aliphatic rings. The highest BCUT2D eigenvalue weighted by Crippen LogP contribution is 2.41. The highest BCUT2D eigenvalue weighted by Gasteiger charge is 2.36. The summed E-state index contributed by atoms with van der Waals surface area (Å²) in [6.07, 6.45) is 1.14. The van der Waals surface area contributed by atoms with Crippen LogP contribution in [-0.2, 0) is 0 Å². The topological polar surface area (TPSA) is 20.2 Å². The zero-order valence-electron chi connectivity index (χ0n) is 9.33. The average molecular weight is 325 g/mol. The molecule has 17 heavy (non-hydrogen) atoms. The van der Waals surface area contributed by atoms with Crippen molar-refractivity contribution in [3.8, 4) is 0 Å². The number of halogens is 3. The maximum Gasteiger partial charge on any atom is 0.248 e. The van der Waals surface area contributed by atoms with Crippen LogP contribution in [0.2, 0.25) is 0 Å². The minimum Gasteiger partial charge on any atom is -0.388 e. The summed E-state index contributed by atoms with van der Waals surface area (Å²) in [7, 11) is 0. The quantitative estimate of drug-likeness (QED) is 0.849. The Kier molecular flexibility index (Phi) is 4.21. The van der Waals surface area contributed by atoms with Crippen molar-refractivity contribution < 1.29 is 13.9 Å². The third-order valence-corrected chi connectivity index (χ3v) is 5.01. The van der Waals surface area contributed by atoms with Crippen LogP contribution >= 0.6 is 27.3 Å². The van der Waals surface area contributed by atoms with Crippen LogP contribution in [-0.4, -0.2) is 11.0 Å². The summed E-state index contributed by atoms with van der Waals surface area (Å²) < 4.78 is 27.4. The van der Waals surface area contributed by atoms with Crippen molar-refractivity contribution in [3.63, 3.8) is 0 Å². The lowest BCUT2D eigenvalue weighted by Crippen LogP contribution is -2.26. The fourth-order valence-electron chi connectivity index (χ4n) is 2.41. The Morgan fingerprint density at radius 3 is 2.94 bits per heavy atom. The van der Waals surface area contributed by atoms with E-state index in [1.54, 1.807) is 0 Å². The molecule has 1 nitrogen and oxygen atoms in total. The molecule has 0 saturated heterocycles. The van der Waals surface area contributed by atoms with Gasteiger partial charge in [-0.25, -0.2) is 8.78 Å². The Morgan fingerprint density at radius 2 is 2.35 bits per heavy atom. The standard InChI is InChI=1S/C12H15BrF2OS/c13-9-5-11(17-7-9)10(16)4-8-2-1-3-12(14,15)6-8/h5,7-8,10,16H,1-4,6H2. The smallest absolute Gasteiger partial charge is 0.248 e. The van der Waals surface area contributed by atoms with E-state index in [1.165, 1.54) is 11.3 Å². The molecule has 0 bridgehead atoms. The molecule has 0 amide bonds. The molecule has 1 saturated carbocycles. The number of rotatable bonds is 3. The van der Waals surface area contributed by atoms with E-state index in [-0.39, 0.29) is 18.8 Å². The Morgan fingerprint density at radius 1 is 1.59 bits per heavy atom. The third-order valence-electron chi connectivity index (χ3n) is 3.21. The van der Waals surface area contributed by atoms with Gasteiger partial charge >= 0.3 is 0 Å². The second-order valence-corrected chi connectivity index (χ2v) is 6.60. The van der Waals surface area contributed by atoms with Crippen LogP contribution in [0.5, 0.6) is 0 Å². The van der Waals surface area contributed by atoms with Gasteiger partial charge in [0.1, 0.15) is 0 Å². The number of thiophene rings is 1. The second kappa shape index (κ2) is 5.33. The first-order valence-electron chi connectivity index (χ1n) is 5.76. The molecule has 0 aliphatic heterocycles. The molecule has 1 N–H and O–H groups in total. The second-order valence-electron chi connectivity index (χ2n) is 4.74. The van der Waals surface area contributed by atoms with E-state index in [0.29, 0.717) is 12.8 Å². The van der Waals surface area contributed by atoms with Crippen molar-refractivity contribution in [1.29, 1.82) is 0 Å². The molecule has 1 aromatic rings. The van der Waals surface area contributed by atoms with Gasteiger partial charge in [-0.3, -0.25) is 0 Å². The van der Waals surface area contributed by atoms with Gasteiger partial charge in [-0.05, 0) is 47.2 Å². The lowest BCUT2D eigenvalue weighted by Gasteiger charge is -2.29. The van der Waals surface area contributed by atoms with Crippen LogP contribution in [0.4, 0.5) is 8.78 Å². The monoisotopic (exact) mass is 324 g/mol. The largest absolute Gasteiger partial charge is 0.388 e. The molecule has 96 valence electrons. The van der Waals surface area contributed by atoms with E-state index in [1.807, 2.05) is 11.4 Å². The first-order chi connectivity index (χ1) is 7.96. The SMILES string of the molecule is OC(CC1CCCC(F)(F)C1)c1cc(Br)cs1. The number of aliphatic hydroxyl groups excluding tert-OH is 1. The van der Waals surface area contributed by atoms with Crippen molar-refractivity contribution in [2.75, 3.05) is 0 Å².